The number of rotatable bonds is 12. The Bertz CT molecular complexity index is 1470. The van der Waals surface area contributed by atoms with Gasteiger partial charge in [-0.2, -0.15) is 0 Å². The molecule has 1 saturated heterocycles. The molecule has 11 nitrogen and oxygen atoms in total. The van der Waals surface area contributed by atoms with Crippen LogP contribution in [0.15, 0.2) is 53.1 Å². The first kappa shape index (κ1) is 36.6. The van der Waals surface area contributed by atoms with Crippen LogP contribution in [0.3, 0.4) is 0 Å². The number of nitrogens with zero attached hydrogens (tertiary/aromatic N) is 1. The molecular weight excluding hydrogens is 620 g/mol. The molecule has 1 aromatic carbocycles. The molecule has 6 atom stereocenters. The lowest BCUT2D eigenvalue weighted by molar-refractivity contribution is -0.133. The van der Waals surface area contributed by atoms with Gasteiger partial charge < -0.3 is 25.5 Å². The second-order valence-electron chi connectivity index (χ2n) is 14.9. The fourth-order valence-electron chi connectivity index (χ4n) is 6.79. The van der Waals surface area contributed by atoms with Gasteiger partial charge in [-0.3, -0.25) is 19.3 Å². The normalized spacial score (nSPS) is 22.7. The van der Waals surface area contributed by atoms with Crippen LogP contribution in [-0.2, 0) is 25.8 Å². The Balaban J connectivity index is 1.62. The number of aliphatic hydroxyl groups is 1. The molecule has 260 valence electrons. The second-order valence-corrected chi connectivity index (χ2v) is 17.5. The summed E-state index contributed by atoms with van der Waals surface area (Å²) in [7, 11) is -3.86. The van der Waals surface area contributed by atoms with Crippen LogP contribution < -0.4 is 16.0 Å². The fourth-order valence-corrected chi connectivity index (χ4v) is 7.39. The van der Waals surface area contributed by atoms with Gasteiger partial charge in [0, 0.05) is 24.9 Å². The van der Waals surface area contributed by atoms with Gasteiger partial charge in [-0.25, -0.2) is 8.42 Å². The Morgan fingerprint density at radius 2 is 1.64 bits per heavy atom. The average molecular weight is 673 g/mol. The molecule has 1 saturated carbocycles. The first-order valence-corrected chi connectivity index (χ1v) is 18.5. The van der Waals surface area contributed by atoms with Crippen molar-refractivity contribution in [3.8, 4) is 0 Å². The summed E-state index contributed by atoms with van der Waals surface area (Å²) in [5.41, 5.74) is 0.430. The van der Waals surface area contributed by atoms with Gasteiger partial charge in [0.25, 0.3) is 5.91 Å². The molecule has 0 radical (unpaired) electrons. The van der Waals surface area contributed by atoms with Crippen molar-refractivity contribution < 1.29 is 32.3 Å². The van der Waals surface area contributed by atoms with Crippen LogP contribution in [0.1, 0.15) is 82.8 Å². The van der Waals surface area contributed by atoms with Gasteiger partial charge in [0.15, 0.2) is 15.6 Å². The molecular formula is C35H52N4O7S. The topological polar surface area (TPSA) is 158 Å². The number of hydrogen-bond donors (Lipinski definition) is 4. The van der Waals surface area contributed by atoms with Crippen molar-refractivity contribution >= 4 is 27.6 Å². The van der Waals surface area contributed by atoms with E-state index in [0.29, 0.717) is 24.8 Å². The zero-order valence-corrected chi connectivity index (χ0v) is 29.3. The van der Waals surface area contributed by atoms with Crippen LogP contribution in [0.4, 0.5) is 0 Å². The van der Waals surface area contributed by atoms with E-state index in [0.717, 1.165) is 37.5 Å². The van der Waals surface area contributed by atoms with Gasteiger partial charge >= 0.3 is 0 Å². The molecule has 3 amide bonds. The van der Waals surface area contributed by atoms with Crippen molar-refractivity contribution in [1.82, 2.24) is 20.9 Å². The predicted molar refractivity (Wildman–Crippen MR) is 180 cm³/mol. The average Bonchev–Trinajstić information content (AvgIpc) is 3.53. The van der Waals surface area contributed by atoms with Gasteiger partial charge in [0.2, 0.25) is 11.8 Å². The monoisotopic (exact) mass is 672 g/mol. The minimum atomic E-state index is -3.86. The largest absolute Gasteiger partial charge is 0.459 e. The highest BCUT2D eigenvalue weighted by molar-refractivity contribution is 7.92. The SMILES string of the molecule is CC(C)(C)NC(=O)[C@@H]1CC2CCCCC2CN1C[C@@H](O)[C@H](Cc1ccccc1)NC(=O)[C@@H](NC(=O)c1ccco1)C(C)(C)S(C)(=O)=O. The Morgan fingerprint density at radius 3 is 2.23 bits per heavy atom. The van der Waals surface area contributed by atoms with E-state index in [1.54, 1.807) is 0 Å². The number of nitrogens with one attached hydrogen (secondary N) is 3. The second kappa shape index (κ2) is 14.9. The highest BCUT2D eigenvalue weighted by Gasteiger charge is 2.46. The number of piperidine rings is 1. The number of aliphatic hydroxyl groups excluding tert-OH is 1. The van der Waals surface area contributed by atoms with Crippen molar-refractivity contribution in [2.45, 2.75) is 108 Å². The molecule has 2 aliphatic rings. The van der Waals surface area contributed by atoms with Crippen LogP contribution in [-0.4, -0.2) is 90.0 Å². The molecule has 1 aliphatic carbocycles. The molecule has 1 aliphatic heterocycles. The van der Waals surface area contributed by atoms with E-state index < -0.39 is 56.2 Å². The Hall–Kier alpha value is -3.22. The van der Waals surface area contributed by atoms with Crippen LogP contribution in [0, 0.1) is 11.8 Å². The van der Waals surface area contributed by atoms with E-state index in [4.69, 9.17) is 4.42 Å². The number of benzene rings is 1. The summed E-state index contributed by atoms with van der Waals surface area (Å²) in [4.78, 5) is 42.7. The van der Waals surface area contributed by atoms with Gasteiger partial charge in [0.1, 0.15) is 6.04 Å². The van der Waals surface area contributed by atoms with E-state index in [1.807, 2.05) is 51.1 Å². The number of carbonyl (C=O) groups excluding carboxylic acids is 3. The van der Waals surface area contributed by atoms with Crippen LogP contribution >= 0.6 is 0 Å². The quantitative estimate of drug-likeness (QED) is 0.268. The standard InChI is InChI=1S/C35H52N4O7S/c1-34(2,3)38-31(41)27-20-24-15-10-11-16-25(24)21-39(27)22-28(40)26(19-23-13-8-7-9-14-23)36-33(43)30(35(4,5)47(6,44)45)37-32(42)29-17-12-18-46-29/h7-9,12-14,17-18,24-28,30,40H,10-11,15-16,19-22H2,1-6H3,(H,36,43)(H,37,42)(H,38,41)/t24?,25?,26-,27-,28+,30+/m0/s1. The highest BCUT2D eigenvalue weighted by Crippen LogP contribution is 2.39. The predicted octanol–water partition coefficient (Wildman–Crippen LogP) is 3.09. The van der Waals surface area contributed by atoms with E-state index in [-0.39, 0.29) is 24.6 Å². The van der Waals surface area contributed by atoms with Gasteiger partial charge in [-0.15, -0.1) is 0 Å². The number of β-amino-alcohol motifs (C(OH)–C–C–N with tert-alkyl or cyclic N) is 1. The molecule has 2 heterocycles. The first-order chi connectivity index (χ1) is 22.0. The third-order valence-electron chi connectivity index (χ3n) is 9.75. The lowest BCUT2D eigenvalue weighted by Gasteiger charge is -2.47. The maximum absolute atomic E-state index is 14.0. The molecule has 12 heteroatoms. The summed E-state index contributed by atoms with van der Waals surface area (Å²) >= 11 is 0. The lowest BCUT2D eigenvalue weighted by atomic mass is 9.72. The van der Waals surface area contributed by atoms with Crippen molar-refractivity contribution in [2.75, 3.05) is 19.3 Å². The van der Waals surface area contributed by atoms with Crippen LogP contribution in [0.5, 0.6) is 0 Å². The minimum absolute atomic E-state index is 0.0707. The Labute approximate surface area is 279 Å². The number of furan rings is 1. The maximum atomic E-state index is 14.0. The minimum Gasteiger partial charge on any atom is -0.459 e. The van der Waals surface area contributed by atoms with E-state index in [2.05, 4.69) is 20.9 Å². The van der Waals surface area contributed by atoms with Gasteiger partial charge in [-0.1, -0.05) is 49.6 Å². The van der Waals surface area contributed by atoms with Crippen molar-refractivity contribution in [2.24, 2.45) is 11.8 Å². The van der Waals surface area contributed by atoms with Crippen LogP contribution in [0.25, 0.3) is 0 Å². The van der Waals surface area contributed by atoms with Gasteiger partial charge in [0.05, 0.1) is 29.2 Å². The fraction of sp³-hybridized carbons (Fsp3) is 0.629. The highest BCUT2D eigenvalue weighted by atomic mass is 32.2. The number of carbonyl (C=O) groups is 3. The molecule has 2 unspecified atom stereocenters. The molecule has 47 heavy (non-hydrogen) atoms. The third kappa shape index (κ3) is 9.45. The number of hydrogen-bond acceptors (Lipinski definition) is 8. The van der Waals surface area contributed by atoms with Gasteiger partial charge in [-0.05, 0) is 83.4 Å². The molecule has 2 aromatic rings. The van der Waals surface area contributed by atoms with Crippen molar-refractivity contribution in [1.29, 1.82) is 0 Å². The summed E-state index contributed by atoms with van der Waals surface area (Å²) in [6.45, 7) is 9.39. The molecule has 2 fully saturated rings. The zero-order chi connectivity index (χ0) is 34.6. The number of fused-ring (bicyclic) bond motifs is 1. The smallest absolute Gasteiger partial charge is 0.287 e. The summed E-state index contributed by atoms with van der Waals surface area (Å²) in [5, 5.41) is 20.5. The molecule has 0 bridgehead atoms. The van der Waals surface area contributed by atoms with Crippen molar-refractivity contribution in [3.63, 3.8) is 0 Å². The third-order valence-corrected chi connectivity index (χ3v) is 11.9. The molecule has 4 rings (SSSR count). The zero-order valence-electron chi connectivity index (χ0n) is 28.5. The maximum Gasteiger partial charge on any atom is 0.287 e. The lowest BCUT2D eigenvalue weighted by Crippen LogP contribution is -2.64. The summed E-state index contributed by atoms with van der Waals surface area (Å²) in [6.07, 6.45) is 6.62. The van der Waals surface area contributed by atoms with Crippen LogP contribution in [0.2, 0.25) is 0 Å². The number of amides is 3. The first-order valence-electron chi connectivity index (χ1n) is 16.6. The van der Waals surface area contributed by atoms with E-state index in [9.17, 15) is 27.9 Å². The van der Waals surface area contributed by atoms with E-state index >= 15 is 0 Å². The summed E-state index contributed by atoms with van der Waals surface area (Å²) < 4.78 is 29.3. The Kier molecular flexibility index (Phi) is 11.6. The number of likely N-dealkylation sites (tertiary alicyclic amines) is 1. The Morgan fingerprint density at radius 1 is 0.979 bits per heavy atom. The molecule has 4 N–H and O–H groups in total. The molecule has 1 aromatic heterocycles. The molecule has 0 spiro atoms. The number of sulfone groups is 1. The summed E-state index contributed by atoms with van der Waals surface area (Å²) in [6, 6.07) is 9.49. The van der Waals surface area contributed by atoms with Crippen molar-refractivity contribution in [3.05, 3.63) is 60.1 Å². The van der Waals surface area contributed by atoms with E-state index in [1.165, 1.54) is 32.2 Å². The summed E-state index contributed by atoms with van der Waals surface area (Å²) in [5.74, 6) is -0.770.